The number of non-ortho nitro benzene ring substituents is 1. The number of benzene rings is 3. The van der Waals surface area contributed by atoms with Gasteiger partial charge in [0.05, 0.1) is 4.92 Å². The number of amides is 1. The zero-order valence-electron chi connectivity index (χ0n) is 16.9. The Balaban J connectivity index is 1.42. The maximum atomic E-state index is 12.2. The number of oxazole rings is 1. The fourth-order valence-corrected chi connectivity index (χ4v) is 3.01. The van der Waals surface area contributed by atoms with E-state index in [0.29, 0.717) is 28.4 Å². The Bertz CT molecular complexity index is 1280. The molecule has 0 aliphatic rings. The van der Waals surface area contributed by atoms with Crippen LogP contribution in [0.15, 0.2) is 65.1 Å². The SMILES string of the molecule is Cc1ccc(-c2nc3cc(NC(=O)COc4ccc([N+](=O)[O-])cc4)ccc3o2)cc1C. The Hall–Kier alpha value is -4.20. The van der Waals surface area contributed by atoms with Gasteiger partial charge in [-0.05, 0) is 67.4 Å². The lowest BCUT2D eigenvalue weighted by atomic mass is 10.1. The minimum Gasteiger partial charge on any atom is -0.484 e. The first-order valence-corrected chi connectivity index (χ1v) is 9.54. The third-order valence-corrected chi connectivity index (χ3v) is 4.84. The Morgan fingerprint density at radius 2 is 1.84 bits per heavy atom. The maximum absolute atomic E-state index is 12.2. The maximum Gasteiger partial charge on any atom is 0.269 e. The molecule has 1 N–H and O–H groups in total. The van der Waals surface area contributed by atoms with Crippen LogP contribution in [0, 0.1) is 24.0 Å². The number of hydrogen-bond acceptors (Lipinski definition) is 6. The number of carbonyl (C=O) groups excluding carboxylic acids is 1. The van der Waals surface area contributed by atoms with Crippen LogP contribution in [-0.2, 0) is 4.79 Å². The molecule has 1 heterocycles. The molecule has 0 fully saturated rings. The third-order valence-electron chi connectivity index (χ3n) is 4.84. The number of anilines is 1. The average Bonchev–Trinajstić information content (AvgIpc) is 3.18. The van der Waals surface area contributed by atoms with Crippen molar-refractivity contribution in [2.75, 3.05) is 11.9 Å². The van der Waals surface area contributed by atoms with Crippen molar-refractivity contribution < 1.29 is 18.9 Å². The Kier molecular flexibility index (Phi) is 5.36. The normalized spacial score (nSPS) is 10.8. The molecule has 3 aromatic carbocycles. The van der Waals surface area contributed by atoms with Crippen molar-refractivity contribution in [3.63, 3.8) is 0 Å². The van der Waals surface area contributed by atoms with Crippen LogP contribution in [0.4, 0.5) is 11.4 Å². The molecule has 0 atom stereocenters. The first kappa shape index (κ1) is 20.1. The summed E-state index contributed by atoms with van der Waals surface area (Å²) in [5.74, 6) is 0.518. The van der Waals surface area contributed by atoms with Gasteiger partial charge in [-0.15, -0.1) is 0 Å². The van der Waals surface area contributed by atoms with Gasteiger partial charge < -0.3 is 14.5 Å². The van der Waals surface area contributed by atoms with E-state index in [-0.39, 0.29) is 18.2 Å². The van der Waals surface area contributed by atoms with Gasteiger partial charge in [0.15, 0.2) is 12.2 Å². The number of aromatic nitrogens is 1. The average molecular weight is 417 g/mol. The summed E-state index contributed by atoms with van der Waals surface area (Å²) in [6, 6.07) is 16.7. The molecule has 4 aromatic rings. The van der Waals surface area contributed by atoms with Gasteiger partial charge in [-0.2, -0.15) is 0 Å². The highest BCUT2D eigenvalue weighted by Gasteiger charge is 2.11. The molecular formula is C23H19N3O5. The van der Waals surface area contributed by atoms with Gasteiger partial charge in [-0.25, -0.2) is 4.98 Å². The van der Waals surface area contributed by atoms with Crippen molar-refractivity contribution in [1.82, 2.24) is 4.98 Å². The van der Waals surface area contributed by atoms with Crippen LogP contribution in [0.25, 0.3) is 22.6 Å². The summed E-state index contributed by atoms with van der Waals surface area (Å²) in [5, 5.41) is 13.4. The van der Waals surface area contributed by atoms with Gasteiger partial charge in [0.1, 0.15) is 11.3 Å². The van der Waals surface area contributed by atoms with E-state index in [0.717, 1.165) is 11.1 Å². The first-order valence-electron chi connectivity index (χ1n) is 9.54. The lowest BCUT2D eigenvalue weighted by Gasteiger charge is -2.07. The largest absolute Gasteiger partial charge is 0.484 e. The lowest BCUT2D eigenvalue weighted by Crippen LogP contribution is -2.20. The van der Waals surface area contributed by atoms with Gasteiger partial charge in [0, 0.05) is 23.4 Å². The predicted molar refractivity (Wildman–Crippen MR) is 116 cm³/mol. The summed E-state index contributed by atoms with van der Waals surface area (Å²) >= 11 is 0. The number of nitro groups is 1. The molecular weight excluding hydrogens is 398 g/mol. The van der Waals surface area contributed by atoms with E-state index in [4.69, 9.17) is 9.15 Å². The van der Waals surface area contributed by atoms with E-state index in [1.807, 2.05) is 32.0 Å². The second-order valence-corrected chi connectivity index (χ2v) is 7.09. The number of rotatable bonds is 6. The summed E-state index contributed by atoms with van der Waals surface area (Å²) in [4.78, 5) is 26.9. The fraction of sp³-hybridized carbons (Fsp3) is 0.130. The van der Waals surface area contributed by atoms with Crippen molar-refractivity contribution in [3.05, 3.63) is 81.9 Å². The molecule has 0 aliphatic heterocycles. The summed E-state index contributed by atoms with van der Waals surface area (Å²) in [7, 11) is 0. The van der Waals surface area contributed by atoms with Gasteiger partial charge in [0.2, 0.25) is 5.89 Å². The number of ether oxygens (including phenoxy) is 1. The molecule has 0 saturated heterocycles. The molecule has 156 valence electrons. The van der Waals surface area contributed by atoms with Crippen LogP contribution in [0.3, 0.4) is 0 Å². The Morgan fingerprint density at radius 3 is 2.55 bits per heavy atom. The molecule has 0 aliphatic carbocycles. The monoisotopic (exact) mass is 417 g/mol. The fourth-order valence-electron chi connectivity index (χ4n) is 3.01. The van der Waals surface area contributed by atoms with E-state index in [1.54, 1.807) is 18.2 Å². The molecule has 0 unspecified atom stereocenters. The number of hydrogen-bond donors (Lipinski definition) is 1. The number of nitrogens with one attached hydrogen (secondary N) is 1. The summed E-state index contributed by atoms with van der Waals surface area (Å²) in [6.45, 7) is 3.85. The molecule has 0 radical (unpaired) electrons. The van der Waals surface area contributed by atoms with Crippen molar-refractivity contribution in [1.29, 1.82) is 0 Å². The highest BCUT2D eigenvalue weighted by molar-refractivity contribution is 5.94. The number of nitro benzene ring substituents is 1. The Labute approximate surface area is 177 Å². The summed E-state index contributed by atoms with van der Waals surface area (Å²) < 4.78 is 11.2. The molecule has 8 nitrogen and oxygen atoms in total. The van der Waals surface area contributed by atoms with Crippen LogP contribution in [0.1, 0.15) is 11.1 Å². The number of nitrogens with zero attached hydrogens (tertiary/aromatic N) is 2. The summed E-state index contributed by atoms with van der Waals surface area (Å²) in [6.07, 6.45) is 0. The van der Waals surface area contributed by atoms with E-state index >= 15 is 0 Å². The van der Waals surface area contributed by atoms with Crippen molar-refractivity contribution in [3.8, 4) is 17.2 Å². The van der Waals surface area contributed by atoms with Crippen LogP contribution < -0.4 is 10.1 Å². The minimum atomic E-state index is -0.498. The molecule has 0 bridgehead atoms. The highest BCUT2D eigenvalue weighted by atomic mass is 16.6. The standard InChI is InChI=1S/C23H19N3O5/c1-14-3-4-16(11-15(14)2)23-25-20-12-17(5-10-21(20)31-23)24-22(27)13-30-19-8-6-18(7-9-19)26(28)29/h3-12H,13H2,1-2H3,(H,24,27). The number of fused-ring (bicyclic) bond motifs is 1. The molecule has 4 rings (SSSR count). The molecule has 1 amide bonds. The molecule has 8 heteroatoms. The van der Waals surface area contributed by atoms with E-state index in [1.165, 1.54) is 29.8 Å². The van der Waals surface area contributed by atoms with E-state index in [9.17, 15) is 14.9 Å². The van der Waals surface area contributed by atoms with E-state index in [2.05, 4.69) is 10.3 Å². The van der Waals surface area contributed by atoms with Crippen LogP contribution in [-0.4, -0.2) is 22.4 Å². The van der Waals surface area contributed by atoms with Crippen LogP contribution in [0.2, 0.25) is 0 Å². The molecule has 1 aromatic heterocycles. The highest BCUT2D eigenvalue weighted by Crippen LogP contribution is 2.27. The lowest BCUT2D eigenvalue weighted by molar-refractivity contribution is -0.384. The molecule has 0 spiro atoms. The van der Waals surface area contributed by atoms with Crippen LogP contribution in [0.5, 0.6) is 5.75 Å². The Morgan fingerprint density at radius 1 is 1.06 bits per heavy atom. The van der Waals surface area contributed by atoms with Crippen LogP contribution >= 0.6 is 0 Å². The smallest absolute Gasteiger partial charge is 0.269 e. The zero-order chi connectivity index (χ0) is 22.0. The second kappa shape index (κ2) is 8.27. The van der Waals surface area contributed by atoms with E-state index < -0.39 is 4.92 Å². The summed E-state index contributed by atoms with van der Waals surface area (Å²) in [5.41, 5.74) is 5.00. The van der Waals surface area contributed by atoms with Gasteiger partial charge >= 0.3 is 0 Å². The number of carbonyl (C=O) groups is 1. The van der Waals surface area contributed by atoms with Gasteiger partial charge in [-0.1, -0.05) is 6.07 Å². The van der Waals surface area contributed by atoms with Gasteiger partial charge in [0.25, 0.3) is 11.6 Å². The van der Waals surface area contributed by atoms with Crippen molar-refractivity contribution in [2.24, 2.45) is 0 Å². The minimum absolute atomic E-state index is 0.0436. The number of aryl methyl sites for hydroxylation is 2. The topological polar surface area (TPSA) is 108 Å². The third kappa shape index (κ3) is 4.53. The first-order chi connectivity index (χ1) is 14.9. The van der Waals surface area contributed by atoms with Gasteiger partial charge in [-0.3, -0.25) is 14.9 Å². The van der Waals surface area contributed by atoms with Crippen molar-refractivity contribution in [2.45, 2.75) is 13.8 Å². The zero-order valence-corrected chi connectivity index (χ0v) is 16.9. The molecule has 31 heavy (non-hydrogen) atoms. The predicted octanol–water partition coefficient (Wildman–Crippen LogP) is 5.04. The second-order valence-electron chi connectivity index (χ2n) is 7.09. The quantitative estimate of drug-likeness (QED) is 0.348. The van der Waals surface area contributed by atoms with Crippen molar-refractivity contribution >= 4 is 28.4 Å². The molecule has 0 saturated carbocycles.